The van der Waals surface area contributed by atoms with Crippen LogP contribution >= 0.6 is 0 Å². The number of carboxylic acid groups (broad SMARTS) is 1. The van der Waals surface area contributed by atoms with Crippen LogP contribution in [0.1, 0.15) is 39.7 Å². The number of carbonyl (C=O) groups is 1. The highest BCUT2D eigenvalue weighted by molar-refractivity contribution is 5.66. The zero-order chi connectivity index (χ0) is 20.6. The number of hydrogen-bond donors (Lipinski definition) is 2. The minimum atomic E-state index is -0.904. The molecule has 1 unspecified atom stereocenters. The highest BCUT2D eigenvalue weighted by atomic mass is 16.6. The molecule has 2 aliphatic rings. The number of anilines is 1. The number of hydrogen-bond acceptors (Lipinski definition) is 6. The number of nitrogens with one attached hydrogen (secondary N) is 1. The maximum atomic E-state index is 12.3. The third-order valence-corrected chi connectivity index (χ3v) is 5.49. The molecule has 1 fully saturated rings. The van der Waals surface area contributed by atoms with Gasteiger partial charge in [-0.2, -0.15) is 0 Å². The summed E-state index contributed by atoms with van der Waals surface area (Å²) in [5.41, 5.74) is -0.808. The van der Waals surface area contributed by atoms with Crippen LogP contribution in [0.2, 0.25) is 0 Å². The molecular weight excluding hydrogens is 366 g/mol. The van der Waals surface area contributed by atoms with Gasteiger partial charge in [0.25, 0.3) is 5.56 Å². The number of nitro groups is 1. The number of rotatable bonds is 4. The summed E-state index contributed by atoms with van der Waals surface area (Å²) in [5.74, 6) is 0.266. The van der Waals surface area contributed by atoms with Crippen molar-refractivity contribution in [2.24, 2.45) is 0 Å². The number of pyridine rings is 1. The maximum Gasteiger partial charge on any atom is 0.407 e. The second-order valence-electron chi connectivity index (χ2n) is 8.42. The summed E-state index contributed by atoms with van der Waals surface area (Å²) < 4.78 is 1.48. The molecule has 1 aromatic rings. The van der Waals surface area contributed by atoms with Gasteiger partial charge in [0.05, 0.1) is 11.0 Å². The molecule has 0 aromatic carbocycles. The van der Waals surface area contributed by atoms with Gasteiger partial charge in [0.15, 0.2) is 5.82 Å². The molecule has 0 aliphatic carbocycles. The normalized spacial score (nSPS) is 20.5. The molecule has 2 N–H and O–H groups in total. The van der Waals surface area contributed by atoms with E-state index in [4.69, 9.17) is 0 Å². The fourth-order valence-corrected chi connectivity index (χ4v) is 4.33. The van der Waals surface area contributed by atoms with Gasteiger partial charge in [-0.15, -0.1) is 0 Å². The van der Waals surface area contributed by atoms with E-state index >= 15 is 0 Å². The molecule has 1 aromatic heterocycles. The van der Waals surface area contributed by atoms with Crippen LogP contribution < -0.4 is 10.9 Å². The molecule has 3 heterocycles. The zero-order valence-corrected chi connectivity index (χ0v) is 16.4. The van der Waals surface area contributed by atoms with Gasteiger partial charge in [-0.1, -0.05) is 0 Å². The molecule has 0 radical (unpaired) electrons. The van der Waals surface area contributed by atoms with E-state index in [1.165, 1.54) is 21.6 Å². The van der Waals surface area contributed by atoms with Crippen LogP contribution in [0.4, 0.5) is 16.3 Å². The molecule has 0 spiro atoms. The van der Waals surface area contributed by atoms with E-state index < -0.39 is 16.6 Å². The summed E-state index contributed by atoms with van der Waals surface area (Å²) in [6.45, 7) is 8.19. The lowest BCUT2D eigenvalue weighted by molar-refractivity contribution is -0.384. The van der Waals surface area contributed by atoms with Crippen LogP contribution in [0, 0.1) is 10.1 Å². The third-order valence-electron chi connectivity index (χ3n) is 5.49. The Kier molecular flexibility index (Phi) is 5.33. The fourth-order valence-electron chi connectivity index (χ4n) is 4.33. The summed E-state index contributed by atoms with van der Waals surface area (Å²) >= 11 is 0. The zero-order valence-electron chi connectivity index (χ0n) is 16.4. The SMILES string of the molecule is CC(C)(C)N(C(=O)O)C1CCN(CC2CNc3c([N+](=O)[O-])ccc(=O)n32)CC1. The van der Waals surface area contributed by atoms with Crippen LogP contribution in [0.3, 0.4) is 0 Å². The van der Waals surface area contributed by atoms with Crippen molar-refractivity contribution >= 4 is 17.6 Å². The number of amides is 1. The molecule has 0 bridgehead atoms. The van der Waals surface area contributed by atoms with Crippen molar-refractivity contribution in [3.05, 3.63) is 32.6 Å². The first-order valence-electron chi connectivity index (χ1n) is 9.48. The smallest absolute Gasteiger partial charge is 0.407 e. The lowest BCUT2D eigenvalue weighted by Gasteiger charge is -2.43. The second-order valence-corrected chi connectivity index (χ2v) is 8.42. The fraction of sp³-hybridized carbons (Fsp3) is 0.667. The van der Waals surface area contributed by atoms with E-state index in [1.54, 1.807) is 0 Å². The molecule has 1 saturated heterocycles. The molecule has 0 saturated carbocycles. The summed E-state index contributed by atoms with van der Waals surface area (Å²) in [5, 5.41) is 23.8. The molecule has 3 rings (SSSR count). The van der Waals surface area contributed by atoms with Gasteiger partial charge >= 0.3 is 11.8 Å². The van der Waals surface area contributed by atoms with Gasteiger partial charge in [0, 0.05) is 49.9 Å². The Morgan fingerprint density at radius 3 is 2.54 bits per heavy atom. The lowest BCUT2D eigenvalue weighted by Crippen LogP contribution is -2.55. The van der Waals surface area contributed by atoms with Crippen molar-refractivity contribution in [3.63, 3.8) is 0 Å². The Balaban J connectivity index is 1.68. The quantitative estimate of drug-likeness (QED) is 0.592. The van der Waals surface area contributed by atoms with Crippen molar-refractivity contribution in [1.82, 2.24) is 14.4 Å². The van der Waals surface area contributed by atoms with Crippen molar-refractivity contribution in [2.45, 2.75) is 51.2 Å². The van der Waals surface area contributed by atoms with Crippen LogP contribution in [-0.2, 0) is 0 Å². The summed E-state index contributed by atoms with van der Waals surface area (Å²) in [4.78, 5) is 38.4. The first-order valence-corrected chi connectivity index (χ1v) is 9.48. The highest BCUT2D eigenvalue weighted by Crippen LogP contribution is 2.31. The molecule has 1 atom stereocenters. The van der Waals surface area contributed by atoms with Crippen molar-refractivity contribution in [2.75, 3.05) is 31.5 Å². The van der Waals surface area contributed by atoms with E-state index in [2.05, 4.69) is 10.2 Å². The molecule has 2 aliphatic heterocycles. The standard InChI is InChI=1S/C18H27N5O5/c1-18(2,3)22(17(25)26)12-6-8-20(9-7-12)11-13-10-19-16-14(23(27)28)4-5-15(24)21(13)16/h4-5,12-13,19H,6-11H2,1-3H3,(H,25,26). The van der Waals surface area contributed by atoms with E-state index in [1.807, 2.05) is 20.8 Å². The van der Waals surface area contributed by atoms with Gasteiger partial charge in [-0.25, -0.2) is 4.79 Å². The van der Waals surface area contributed by atoms with Crippen molar-refractivity contribution in [3.8, 4) is 0 Å². The highest BCUT2D eigenvalue weighted by Gasteiger charge is 2.36. The number of likely N-dealkylation sites (tertiary alicyclic amines) is 1. The topological polar surface area (TPSA) is 121 Å². The Hall–Kier alpha value is -2.62. The van der Waals surface area contributed by atoms with Crippen LogP contribution in [0.25, 0.3) is 0 Å². The first kappa shape index (κ1) is 20.1. The predicted octanol–water partition coefficient (Wildman–Crippen LogP) is 1.97. The van der Waals surface area contributed by atoms with E-state index in [0.29, 0.717) is 13.1 Å². The van der Waals surface area contributed by atoms with Gasteiger partial charge in [0.2, 0.25) is 0 Å². The second kappa shape index (κ2) is 7.42. The van der Waals surface area contributed by atoms with Crippen LogP contribution in [-0.4, -0.2) is 68.2 Å². The molecule has 28 heavy (non-hydrogen) atoms. The summed E-state index contributed by atoms with van der Waals surface area (Å²) in [6.07, 6.45) is 0.541. The lowest BCUT2D eigenvalue weighted by atomic mass is 9.96. The van der Waals surface area contributed by atoms with Gasteiger partial charge < -0.3 is 20.2 Å². The number of fused-ring (bicyclic) bond motifs is 1. The number of piperidine rings is 1. The molecular formula is C18H27N5O5. The summed E-state index contributed by atoms with van der Waals surface area (Å²) in [7, 11) is 0. The van der Waals surface area contributed by atoms with Crippen molar-refractivity contribution < 1.29 is 14.8 Å². The van der Waals surface area contributed by atoms with Gasteiger partial charge in [0.1, 0.15) is 0 Å². The van der Waals surface area contributed by atoms with Crippen molar-refractivity contribution in [1.29, 1.82) is 0 Å². The third kappa shape index (κ3) is 3.82. The van der Waals surface area contributed by atoms with E-state index in [0.717, 1.165) is 25.9 Å². The number of aromatic nitrogens is 1. The van der Waals surface area contributed by atoms with Crippen LogP contribution in [0.5, 0.6) is 0 Å². The number of nitrogens with zero attached hydrogens (tertiary/aromatic N) is 4. The van der Waals surface area contributed by atoms with Gasteiger partial charge in [-0.3, -0.25) is 19.5 Å². The maximum absolute atomic E-state index is 12.3. The predicted molar refractivity (Wildman–Crippen MR) is 104 cm³/mol. The molecule has 10 heteroatoms. The largest absolute Gasteiger partial charge is 0.465 e. The monoisotopic (exact) mass is 393 g/mol. The van der Waals surface area contributed by atoms with E-state index in [-0.39, 0.29) is 29.1 Å². The Morgan fingerprint density at radius 1 is 1.36 bits per heavy atom. The Labute approximate surface area is 162 Å². The minimum Gasteiger partial charge on any atom is -0.465 e. The molecule has 10 nitrogen and oxygen atoms in total. The van der Waals surface area contributed by atoms with Crippen LogP contribution in [0.15, 0.2) is 16.9 Å². The van der Waals surface area contributed by atoms with Gasteiger partial charge in [-0.05, 0) is 33.6 Å². The Bertz CT molecular complexity index is 823. The summed E-state index contributed by atoms with van der Waals surface area (Å²) in [6, 6.07) is 2.26. The average Bonchev–Trinajstić information content (AvgIpc) is 2.99. The molecule has 154 valence electrons. The van der Waals surface area contributed by atoms with E-state index in [9.17, 15) is 24.8 Å². The first-order chi connectivity index (χ1) is 13.1. The average molecular weight is 393 g/mol. The minimum absolute atomic E-state index is 0.0356. The molecule has 1 amide bonds. The Morgan fingerprint density at radius 2 is 2.00 bits per heavy atom.